The lowest BCUT2D eigenvalue weighted by Gasteiger charge is -2.42. The van der Waals surface area contributed by atoms with Crippen molar-refractivity contribution in [3.8, 4) is 5.75 Å². The first-order chi connectivity index (χ1) is 11.0. The standard InChI is InChI=1S/C18H25N3O2/c1-4-17(2,22)12-15-13-21(20-19-15)18(9-6-10-18)14-7-5-8-16(11-14)23-3/h5,7-8,11,13,22H,4,6,9-10,12H2,1-3H3. The highest BCUT2D eigenvalue weighted by atomic mass is 16.5. The molecule has 1 unspecified atom stereocenters. The van der Waals surface area contributed by atoms with Gasteiger partial charge in [-0.15, -0.1) is 5.10 Å². The number of aliphatic hydroxyl groups is 1. The van der Waals surface area contributed by atoms with E-state index in [1.165, 1.54) is 12.0 Å². The first-order valence-electron chi connectivity index (χ1n) is 8.28. The molecule has 23 heavy (non-hydrogen) atoms. The summed E-state index contributed by atoms with van der Waals surface area (Å²) >= 11 is 0. The fourth-order valence-corrected chi connectivity index (χ4v) is 3.18. The highest BCUT2D eigenvalue weighted by Gasteiger charge is 2.42. The van der Waals surface area contributed by atoms with Crippen molar-refractivity contribution >= 4 is 0 Å². The summed E-state index contributed by atoms with van der Waals surface area (Å²) < 4.78 is 7.34. The molecule has 0 spiro atoms. The smallest absolute Gasteiger partial charge is 0.119 e. The molecule has 0 bridgehead atoms. The van der Waals surface area contributed by atoms with E-state index in [-0.39, 0.29) is 5.54 Å². The van der Waals surface area contributed by atoms with Gasteiger partial charge in [0.05, 0.1) is 23.9 Å². The Morgan fingerprint density at radius 1 is 1.39 bits per heavy atom. The van der Waals surface area contributed by atoms with Gasteiger partial charge in [-0.1, -0.05) is 24.3 Å². The molecule has 1 aromatic carbocycles. The van der Waals surface area contributed by atoms with Crippen molar-refractivity contribution in [2.45, 2.75) is 57.1 Å². The average molecular weight is 315 g/mol. The van der Waals surface area contributed by atoms with E-state index in [1.54, 1.807) is 7.11 Å². The molecule has 5 nitrogen and oxygen atoms in total. The lowest BCUT2D eigenvalue weighted by Crippen LogP contribution is -2.42. The first-order valence-corrected chi connectivity index (χ1v) is 8.28. The van der Waals surface area contributed by atoms with Gasteiger partial charge in [-0.3, -0.25) is 0 Å². The van der Waals surface area contributed by atoms with Gasteiger partial charge in [-0.2, -0.15) is 0 Å². The summed E-state index contributed by atoms with van der Waals surface area (Å²) in [5.74, 6) is 0.864. The number of rotatable bonds is 6. The topological polar surface area (TPSA) is 60.2 Å². The van der Waals surface area contributed by atoms with Gasteiger partial charge in [0.1, 0.15) is 5.75 Å². The van der Waals surface area contributed by atoms with E-state index >= 15 is 0 Å². The maximum atomic E-state index is 10.3. The van der Waals surface area contributed by atoms with Crippen LogP contribution in [0, 0.1) is 0 Å². The minimum Gasteiger partial charge on any atom is -0.497 e. The van der Waals surface area contributed by atoms with Crippen LogP contribution in [0.2, 0.25) is 0 Å². The summed E-state index contributed by atoms with van der Waals surface area (Å²) in [5.41, 5.74) is 1.19. The average Bonchev–Trinajstić information content (AvgIpc) is 2.94. The Hall–Kier alpha value is -1.88. The number of aromatic nitrogens is 3. The lowest BCUT2D eigenvalue weighted by atomic mass is 9.72. The second kappa shape index (κ2) is 5.96. The molecule has 1 aliphatic carbocycles. The third-order valence-electron chi connectivity index (χ3n) is 5.09. The minimum atomic E-state index is -0.733. The molecule has 1 aromatic heterocycles. The molecule has 0 amide bonds. The molecule has 1 saturated carbocycles. The highest BCUT2D eigenvalue weighted by Crippen LogP contribution is 2.45. The van der Waals surface area contributed by atoms with E-state index in [4.69, 9.17) is 4.74 Å². The molecule has 0 saturated heterocycles. The number of hydrogen-bond acceptors (Lipinski definition) is 4. The van der Waals surface area contributed by atoms with E-state index in [2.05, 4.69) is 22.4 Å². The third kappa shape index (κ3) is 2.98. The largest absolute Gasteiger partial charge is 0.497 e. The fourth-order valence-electron chi connectivity index (χ4n) is 3.18. The quantitative estimate of drug-likeness (QED) is 0.890. The Morgan fingerprint density at radius 2 is 2.17 bits per heavy atom. The van der Waals surface area contributed by atoms with Crippen molar-refractivity contribution in [3.05, 3.63) is 41.7 Å². The summed E-state index contributed by atoms with van der Waals surface area (Å²) in [6.45, 7) is 3.82. The van der Waals surface area contributed by atoms with Crippen molar-refractivity contribution in [1.82, 2.24) is 15.0 Å². The second-order valence-electron chi connectivity index (χ2n) is 6.80. The summed E-state index contributed by atoms with van der Waals surface area (Å²) in [6, 6.07) is 8.20. The van der Waals surface area contributed by atoms with Crippen LogP contribution in [0.25, 0.3) is 0 Å². The third-order valence-corrected chi connectivity index (χ3v) is 5.09. The van der Waals surface area contributed by atoms with Gasteiger partial charge >= 0.3 is 0 Å². The van der Waals surface area contributed by atoms with Crippen LogP contribution < -0.4 is 4.74 Å². The SMILES string of the molecule is CCC(C)(O)Cc1cn(C2(c3cccc(OC)c3)CCC2)nn1. The predicted octanol–water partition coefficient (Wildman–Crippen LogP) is 2.92. The zero-order valence-corrected chi connectivity index (χ0v) is 14.1. The lowest BCUT2D eigenvalue weighted by molar-refractivity contribution is 0.0554. The molecular weight excluding hydrogens is 290 g/mol. The van der Waals surface area contributed by atoms with Gasteiger partial charge in [0.2, 0.25) is 0 Å². The molecule has 5 heteroatoms. The van der Waals surface area contributed by atoms with E-state index in [0.29, 0.717) is 12.8 Å². The van der Waals surface area contributed by atoms with Crippen LogP contribution in [0.5, 0.6) is 5.75 Å². The molecule has 1 aliphatic rings. The van der Waals surface area contributed by atoms with Gasteiger partial charge in [0, 0.05) is 12.6 Å². The number of benzene rings is 1. The monoisotopic (exact) mass is 315 g/mol. The van der Waals surface area contributed by atoms with E-state index < -0.39 is 5.60 Å². The molecule has 0 aliphatic heterocycles. The number of methoxy groups -OCH3 is 1. The molecule has 1 atom stereocenters. The molecule has 0 radical (unpaired) electrons. The fraction of sp³-hybridized carbons (Fsp3) is 0.556. The second-order valence-corrected chi connectivity index (χ2v) is 6.80. The number of nitrogens with zero attached hydrogens (tertiary/aromatic N) is 3. The Balaban J connectivity index is 1.90. The van der Waals surface area contributed by atoms with E-state index in [0.717, 1.165) is 24.3 Å². The van der Waals surface area contributed by atoms with Gasteiger partial charge in [0.25, 0.3) is 0 Å². The van der Waals surface area contributed by atoms with Crippen molar-refractivity contribution in [2.24, 2.45) is 0 Å². The minimum absolute atomic E-state index is 0.127. The molecule has 124 valence electrons. The van der Waals surface area contributed by atoms with Crippen LogP contribution in [-0.4, -0.2) is 32.8 Å². The Bertz CT molecular complexity index is 674. The Kier molecular flexibility index (Phi) is 4.15. The Morgan fingerprint density at radius 3 is 2.78 bits per heavy atom. The van der Waals surface area contributed by atoms with Gasteiger partial charge in [-0.25, -0.2) is 4.68 Å². The maximum absolute atomic E-state index is 10.3. The van der Waals surface area contributed by atoms with Gasteiger partial charge < -0.3 is 9.84 Å². The number of hydrogen-bond donors (Lipinski definition) is 1. The molecule has 1 N–H and O–H groups in total. The first kappa shape index (κ1) is 16.0. The van der Waals surface area contributed by atoms with Gasteiger partial charge in [0.15, 0.2) is 0 Å². The normalized spacial score (nSPS) is 19.0. The molecule has 3 rings (SSSR count). The van der Waals surface area contributed by atoms with E-state index in [1.807, 2.05) is 36.9 Å². The molecular formula is C18H25N3O2. The molecule has 1 heterocycles. The maximum Gasteiger partial charge on any atom is 0.119 e. The van der Waals surface area contributed by atoms with Crippen LogP contribution in [0.15, 0.2) is 30.5 Å². The summed E-state index contributed by atoms with van der Waals surface area (Å²) in [7, 11) is 1.69. The molecule has 2 aromatic rings. The zero-order chi connectivity index (χ0) is 16.5. The summed E-state index contributed by atoms with van der Waals surface area (Å²) in [4.78, 5) is 0. The summed E-state index contributed by atoms with van der Waals surface area (Å²) in [6.07, 6.45) is 6.49. The summed E-state index contributed by atoms with van der Waals surface area (Å²) in [5, 5.41) is 18.9. The Labute approximate surface area is 137 Å². The van der Waals surface area contributed by atoms with Crippen molar-refractivity contribution < 1.29 is 9.84 Å². The van der Waals surface area contributed by atoms with Gasteiger partial charge in [-0.05, 0) is 50.3 Å². The van der Waals surface area contributed by atoms with Crippen LogP contribution >= 0.6 is 0 Å². The van der Waals surface area contributed by atoms with Crippen LogP contribution in [0.3, 0.4) is 0 Å². The zero-order valence-electron chi connectivity index (χ0n) is 14.1. The van der Waals surface area contributed by atoms with Crippen molar-refractivity contribution in [2.75, 3.05) is 7.11 Å². The van der Waals surface area contributed by atoms with Crippen molar-refractivity contribution in [3.63, 3.8) is 0 Å². The number of ether oxygens (including phenoxy) is 1. The van der Waals surface area contributed by atoms with Crippen molar-refractivity contribution in [1.29, 1.82) is 0 Å². The van der Waals surface area contributed by atoms with Crippen LogP contribution in [-0.2, 0) is 12.0 Å². The predicted molar refractivity (Wildman–Crippen MR) is 88.6 cm³/mol. The van der Waals surface area contributed by atoms with Crippen LogP contribution in [0.4, 0.5) is 0 Å². The van der Waals surface area contributed by atoms with Crippen LogP contribution in [0.1, 0.15) is 50.8 Å². The highest BCUT2D eigenvalue weighted by molar-refractivity contribution is 5.35. The van der Waals surface area contributed by atoms with E-state index in [9.17, 15) is 5.11 Å². The molecule has 1 fully saturated rings.